The molecule has 78 valence electrons. The maximum atomic E-state index is 5.77. The van der Waals surface area contributed by atoms with E-state index in [-0.39, 0.29) is 6.04 Å². The first kappa shape index (κ1) is 11.0. The summed E-state index contributed by atoms with van der Waals surface area (Å²) in [6.07, 6.45) is 2.95. The first-order chi connectivity index (χ1) is 6.65. The molecule has 3 heteroatoms. The standard InChI is InChI=1S/C11H19N3/c1-4-5-13-11-8(2)6-10(7-14-11)9(3)12/h6-7,9H,4-5,12H2,1-3H3,(H,13,14). The van der Waals surface area contributed by atoms with E-state index in [1.807, 2.05) is 13.1 Å². The third kappa shape index (κ3) is 2.70. The van der Waals surface area contributed by atoms with Crippen LogP contribution in [0.3, 0.4) is 0 Å². The summed E-state index contributed by atoms with van der Waals surface area (Å²) in [6.45, 7) is 7.12. The Morgan fingerprint density at radius 2 is 2.29 bits per heavy atom. The van der Waals surface area contributed by atoms with E-state index in [0.717, 1.165) is 29.9 Å². The highest BCUT2D eigenvalue weighted by molar-refractivity contribution is 5.44. The Hall–Kier alpha value is -1.09. The van der Waals surface area contributed by atoms with E-state index < -0.39 is 0 Å². The number of nitrogens with zero attached hydrogens (tertiary/aromatic N) is 1. The van der Waals surface area contributed by atoms with Gasteiger partial charge in [0.05, 0.1) is 0 Å². The van der Waals surface area contributed by atoms with Crippen molar-refractivity contribution in [2.45, 2.75) is 33.2 Å². The van der Waals surface area contributed by atoms with Crippen molar-refractivity contribution in [2.75, 3.05) is 11.9 Å². The zero-order chi connectivity index (χ0) is 10.6. The van der Waals surface area contributed by atoms with Crippen LogP contribution >= 0.6 is 0 Å². The Labute approximate surface area is 85.7 Å². The lowest BCUT2D eigenvalue weighted by Gasteiger charge is -2.10. The molecule has 0 aromatic carbocycles. The van der Waals surface area contributed by atoms with Crippen LogP contribution in [0.25, 0.3) is 0 Å². The van der Waals surface area contributed by atoms with Gasteiger partial charge in [-0.05, 0) is 37.5 Å². The van der Waals surface area contributed by atoms with E-state index in [2.05, 4.69) is 30.2 Å². The van der Waals surface area contributed by atoms with Crippen LogP contribution in [0, 0.1) is 6.92 Å². The zero-order valence-corrected chi connectivity index (χ0v) is 9.17. The fraction of sp³-hybridized carbons (Fsp3) is 0.545. The highest BCUT2D eigenvalue weighted by atomic mass is 15.0. The van der Waals surface area contributed by atoms with Crippen molar-refractivity contribution in [3.63, 3.8) is 0 Å². The van der Waals surface area contributed by atoms with Crippen molar-refractivity contribution in [3.8, 4) is 0 Å². The minimum atomic E-state index is 0.0569. The van der Waals surface area contributed by atoms with Gasteiger partial charge in [-0.2, -0.15) is 0 Å². The number of rotatable bonds is 4. The van der Waals surface area contributed by atoms with Crippen LogP contribution in [0.2, 0.25) is 0 Å². The van der Waals surface area contributed by atoms with Crippen molar-refractivity contribution in [1.82, 2.24) is 4.98 Å². The van der Waals surface area contributed by atoms with Crippen molar-refractivity contribution >= 4 is 5.82 Å². The molecule has 3 nitrogen and oxygen atoms in total. The maximum absolute atomic E-state index is 5.77. The van der Waals surface area contributed by atoms with Gasteiger partial charge < -0.3 is 11.1 Å². The van der Waals surface area contributed by atoms with Crippen LogP contribution in [-0.4, -0.2) is 11.5 Å². The number of nitrogens with two attached hydrogens (primary N) is 1. The van der Waals surface area contributed by atoms with Gasteiger partial charge in [0.25, 0.3) is 0 Å². The molecule has 0 fully saturated rings. The lowest BCUT2D eigenvalue weighted by Crippen LogP contribution is -2.08. The SMILES string of the molecule is CCCNc1ncc(C(C)N)cc1C. The fourth-order valence-corrected chi connectivity index (χ4v) is 1.27. The van der Waals surface area contributed by atoms with E-state index in [0.29, 0.717) is 0 Å². The number of nitrogens with one attached hydrogen (secondary N) is 1. The fourth-order valence-electron chi connectivity index (χ4n) is 1.27. The molecule has 0 bridgehead atoms. The molecule has 1 heterocycles. The van der Waals surface area contributed by atoms with Crippen LogP contribution in [0.15, 0.2) is 12.3 Å². The molecular formula is C11H19N3. The summed E-state index contributed by atoms with van der Waals surface area (Å²) in [7, 11) is 0. The van der Waals surface area contributed by atoms with Gasteiger partial charge in [-0.15, -0.1) is 0 Å². The van der Waals surface area contributed by atoms with Crippen LogP contribution in [-0.2, 0) is 0 Å². The number of aromatic nitrogens is 1. The van der Waals surface area contributed by atoms with E-state index in [1.165, 1.54) is 0 Å². The second kappa shape index (κ2) is 4.96. The molecule has 1 aromatic rings. The number of aryl methyl sites for hydroxylation is 1. The van der Waals surface area contributed by atoms with Crippen LogP contribution < -0.4 is 11.1 Å². The highest BCUT2D eigenvalue weighted by Gasteiger charge is 2.03. The average Bonchev–Trinajstić information content (AvgIpc) is 2.15. The summed E-state index contributed by atoms with van der Waals surface area (Å²) in [5.74, 6) is 0.969. The number of pyridine rings is 1. The molecule has 0 saturated heterocycles. The molecule has 1 aromatic heterocycles. The number of hydrogen-bond donors (Lipinski definition) is 2. The summed E-state index contributed by atoms with van der Waals surface area (Å²) >= 11 is 0. The monoisotopic (exact) mass is 193 g/mol. The Morgan fingerprint density at radius 1 is 1.57 bits per heavy atom. The predicted octanol–water partition coefficient (Wildman–Crippen LogP) is 2.23. The first-order valence-corrected chi connectivity index (χ1v) is 5.11. The second-order valence-corrected chi connectivity index (χ2v) is 3.65. The molecule has 14 heavy (non-hydrogen) atoms. The summed E-state index contributed by atoms with van der Waals surface area (Å²) < 4.78 is 0. The van der Waals surface area contributed by atoms with Crippen molar-refractivity contribution in [3.05, 3.63) is 23.4 Å². The van der Waals surface area contributed by atoms with Gasteiger partial charge in [0.1, 0.15) is 5.82 Å². The van der Waals surface area contributed by atoms with Crippen molar-refractivity contribution in [2.24, 2.45) is 5.73 Å². The van der Waals surface area contributed by atoms with Gasteiger partial charge in [-0.25, -0.2) is 4.98 Å². The Bertz CT molecular complexity index is 295. The van der Waals surface area contributed by atoms with Crippen LogP contribution in [0.5, 0.6) is 0 Å². The first-order valence-electron chi connectivity index (χ1n) is 5.11. The Balaban J connectivity index is 2.79. The normalized spacial score (nSPS) is 12.6. The van der Waals surface area contributed by atoms with Crippen LogP contribution in [0.4, 0.5) is 5.82 Å². The topological polar surface area (TPSA) is 50.9 Å². The summed E-state index contributed by atoms with van der Waals surface area (Å²) in [6, 6.07) is 2.15. The molecule has 0 aliphatic rings. The molecule has 1 unspecified atom stereocenters. The summed E-state index contributed by atoms with van der Waals surface area (Å²) in [4.78, 5) is 4.35. The van der Waals surface area contributed by atoms with Gasteiger partial charge in [0, 0.05) is 18.8 Å². The second-order valence-electron chi connectivity index (χ2n) is 3.65. The van der Waals surface area contributed by atoms with Gasteiger partial charge in [-0.3, -0.25) is 0 Å². The highest BCUT2D eigenvalue weighted by Crippen LogP contribution is 2.16. The Morgan fingerprint density at radius 3 is 2.79 bits per heavy atom. The molecule has 1 atom stereocenters. The molecule has 0 amide bonds. The molecule has 0 saturated carbocycles. The Kier molecular flexibility index (Phi) is 3.89. The van der Waals surface area contributed by atoms with Gasteiger partial charge in [0.2, 0.25) is 0 Å². The van der Waals surface area contributed by atoms with E-state index >= 15 is 0 Å². The molecule has 0 aliphatic carbocycles. The molecule has 3 N–H and O–H groups in total. The van der Waals surface area contributed by atoms with Gasteiger partial charge >= 0.3 is 0 Å². The predicted molar refractivity (Wildman–Crippen MR) is 60.4 cm³/mol. The third-order valence-corrected chi connectivity index (χ3v) is 2.17. The van der Waals surface area contributed by atoms with Gasteiger partial charge in [-0.1, -0.05) is 6.92 Å². The third-order valence-electron chi connectivity index (χ3n) is 2.17. The quantitative estimate of drug-likeness (QED) is 0.771. The zero-order valence-electron chi connectivity index (χ0n) is 9.17. The molecule has 0 spiro atoms. The van der Waals surface area contributed by atoms with E-state index in [1.54, 1.807) is 0 Å². The maximum Gasteiger partial charge on any atom is 0.128 e. The minimum Gasteiger partial charge on any atom is -0.370 e. The smallest absolute Gasteiger partial charge is 0.128 e. The largest absolute Gasteiger partial charge is 0.370 e. The lowest BCUT2D eigenvalue weighted by molar-refractivity contribution is 0.809. The van der Waals surface area contributed by atoms with Gasteiger partial charge in [0.15, 0.2) is 0 Å². The van der Waals surface area contributed by atoms with Crippen LogP contribution in [0.1, 0.15) is 37.4 Å². The lowest BCUT2D eigenvalue weighted by atomic mass is 10.1. The number of hydrogen-bond acceptors (Lipinski definition) is 3. The van der Waals surface area contributed by atoms with Crippen molar-refractivity contribution in [1.29, 1.82) is 0 Å². The molecular weight excluding hydrogens is 174 g/mol. The summed E-state index contributed by atoms with van der Waals surface area (Å²) in [5.41, 5.74) is 8.02. The van der Waals surface area contributed by atoms with E-state index in [4.69, 9.17) is 5.73 Å². The average molecular weight is 193 g/mol. The molecule has 0 radical (unpaired) electrons. The minimum absolute atomic E-state index is 0.0569. The van der Waals surface area contributed by atoms with E-state index in [9.17, 15) is 0 Å². The van der Waals surface area contributed by atoms with Crippen molar-refractivity contribution < 1.29 is 0 Å². The molecule has 0 aliphatic heterocycles. The summed E-state index contributed by atoms with van der Waals surface area (Å²) in [5, 5.41) is 3.28. The molecule has 1 rings (SSSR count). The number of anilines is 1.